The quantitative estimate of drug-likeness (QED) is 0.617. The normalized spacial score (nSPS) is 12.0. The number of fused-ring (bicyclic) bond motifs is 1. The lowest BCUT2D eigenvalue weighted by atomic mass is 10.0. The highest BCUT2D eigenvalue weighted by Gasteiger charge is 2.28. The first-order valence-corrected chi connectivity index (χ1v) is 10.7. The highest BCUT2D eigenvalue weighted by molar-refractivity contribution is 7.89. The maximum Gasteiger partial charge on any atom is 0.252 e. The van der Waals surface area contributed by atoms with E-state index >= 15 is 0 Å². The predicted octanol–water partition coefficient (Wildman–Crippen LogP) is 2.86. The van der Waals surface area contributed by atoms with E-state index in [0.29, 0.717) is 5.52 Å². The molecule has 0 saturated carbocycles. The van der Waals surface area contributed by atoms with Crippen molar-refractivity contribution < 1.29 is 17.9 Å². The third-order valence-corrected chi connectivity index (χ3v) is 6.78. The molecule has 3 aromatic rings. The smallest absolute Gasteiger partial charge is 0.252 e. The first-order chi connectivity index (χ1) is 13.7. The molecule has 2 N–H and O–H groups in total. The van der Waals surface area contributed by atoms with Crippen molar-refractivity contribution in [3.8, 4) is 0 Å². The standard InChI is InChI=1S/C21H23FN2O4S/c1-14-10-16-12-17(21(26)23-19(16)11-15(14)2)13-24(8-5-9-25)29(27,28)20-7-4-3-6-18(20)22/h3-4,6-7,10-12,25H,5,8-9,13H2,1-2H3,(H,23,26). The van der Waals surface area contributed by atoms with Crippen molar-refractivity contribution in [3.05, 3.63) is 75.3 Å². The topological polar surface area (TPSA) is 90.5 Å². The number of aliphatic hydroxyl groups excluding tert-OH is 1. The summed E-state index contributed by atoms with van der Waals surface area (Å²) in [6.45, 7) is 3.40. The van der Waals surface area contributed by atoms with Gasteiger partial charge in [0.2, 0.25) is 10.0 Å². The van der Waals surface area contributed by atoms with Crippen LogP contribution in [0.25, 0.3) is 10.9 Å². The number of sulfonamides is 1. The van der Waals surface area contributed by atoms with Crippen LogP contribution < -0.4 is 5.56 Å². The average molecular weight is 418 g/mol. The fraction of sp³-hybridized carbons (Fsp3) is 0.286. The van der Waals surface area contributed by atoms with Gasteiger partial charge in [0.1, 0.15) is 10.7 Å². The zero-order valence-electron chi connectivity index (χ0n) is 16.3. The Balaban J connectivity index is 2.05. The van der Waals surface area contributed by atoms with Gasteiger partial charge in [0, 0.05) is 30.8 Å². The zero-order chi connectivity index (χ0) is 21.2. The molecule has 0 aliphatic carbocycles. The lowest BCUT2D eigenvalue weighted by Crippen LogP contribution is -2.34. The second-order valence-electron chi connectivity index (χ2n) is 6.99. The van der Waals surface area contributed by atoms with Gasteiger partial charge < -0.3 is 10.1 Å². The molecule has 0 unspecified atom stereocenters. The fourth-order valence-electron chi connectivity index (χ4n) is 3.15. The van der Waals surface area contributed by atoms with E-state index in [1.807, 2.05) is 26.0 Å². The van der Waals surface area contributed by atoms with E-state index in [1.54, 1.807) is 6.07 Å². The number of H-pyrrole nitrogens is 1. The number of benzene rings is 2. The van der Waals surface area contributed by atoms with Crippen LogP contribution in [0.5, 0.6) is 0 Å². The van der Waals surface area contributed by atoms with Gasteiger partial charge in [0.05, 0.1) is 0 Å². The Morgan fingerprint density at radius 3 is 2.48 bits per heavy atom. The molecule has 1 heterocycles. The molecule has 0 saturated heterocycles. The summed E-state index contributed by atoms with van der Waals surface area (Å²) in [6.07, 6.45) is 0.164. The van der Waals surface area contributed by atoms with E-state index in [0.717, 1.165) is 26.9 Å². The molecular formula is C21H23FN2O4S. The van der Waals surface area contributed by atoms with Gasteiger partial charge in [-0.15, -0.1) is 0 Å². The number of nitrogens with zero attached hydrogens (tertiary/aromatic N) is 1. The lowest BCUT2D eigenvalue weighted by Gasteiger charge is -2.22. The van der Waals surface area contributed by atoms with Crippen LogP contribution in [0.1, 0.15) is 23.1 Å². The Morgan fingerprint density at radius 2 is 1.79 bits per heavy atom. The maximum absolute atomic E-state index is 14.2. The van der Waals surface area contributed by atoms with Gasteiger partial charge in [-0.25, -0.2) is 12.8 Å². The van der Waals surface area contributed by atoms with Crippen LogP contribution in [0.15, 0.2) is 52.2 Å². The minimum absolute atomic E-state index is 0.0441. The van der Waals surface area contributed by atoms with Crippen LogP contribution in [0.2, 0.25) is 0 Å². The number of aromatic amines is 1. The van der Waals surface area contributed by atoms with E-state index in [-0.39, 0.29) is 31.7 Å². The van der Waals surface area contributed by atoms with Crippen LogP contribution in [0, 0.1) is 19.7 Å². The van der Waals surface area contributed by atoms with Crippen molar-refractivity contribution in [2.75, 3.05) is 13.2 Å². The third-order valence-electron chi connectivity index (χ3n) is 4.90. The molecule has 1 aromatic heterocycles. The number of aryl methyl sites for hydroxylation is 2. The van der Waals surface area contributed by atoms with Crippen molar-refractivity contribution in [3.63, 3.8) is 0 Å². The molecule has 154 valence electrons. The Bertz CT molecular complexity index is 1210. The number of halogens is 1. The van der Waals surface area contributed by atoms with Gasteiger partial charge in [-0.3, -0.25) is 4.79 Å². The zero-order valence-corrected chi connectivity index (χ0v) is 17.1. The molecule has 0 atom stereocenters. The number of hydrogen-bond acceptors (Lipinski definition) is 4. The third kappa shape index (κ3) is 4.39. The highest BCUT2D eigenvalue weighted by atomic mass is 32.2. The Labute approximate surface area is 168 Å². The molecule has 0 amide bonds. The largest absolute Gasteiger partial charge is 0.396 e. The van der Waals surface area contributed by atoms with Crippen LogP contribution in [-0.2, 0) is 16.6 Å². The van der Waals surface area contributed by atoms with E-state index < -0.39 is 26.3 Å². The number of nitrogens with one attached hydrogen (secondary N) is 1. The predicted molar refractivity (Wildman–Crippen MR) is 110 cm³/mol. The molecule has 0 aliphatic heterocycles. The van der Waals surface area contributed by atoms with Gasteiger partial charge in [-0.05, 0) is 67.1 Å². The van der Waals surface area contributed by atoms with Crippen molar-refractivity contribution in [1.82, 2.24) is 9.29 Å². The van der Waals surface area contributed by atoms with Crippen LogP contribution in [0.3, 0.4) is 0 Å². The van der Waals surface area contributed by atoms with Crippen molar-refractivity contribution >= 4 is 20.9 Å². The molecule has 8 heteroatoms. The second-order valence-corrected chi connectivity index (χ2v) is 8.90. The minimum Gasteiger partial charge on any atom is -0.396 e. The van der Waals surface area contributed by atoms with Gasteiger partial charge in [0.15, 0.2) is 0 Å². The summed E-state index contributed by atoms with van der Waals surface area (Å²) in [4.78, 5) is 14.9. The summed E-state index contributed by atoms with van der Waals surface area (Å²) >= 11 is 0. The number of hydrogen-bond donors (Lipinski definition) is 2. The van der Waals surface area contributed by atoms with Gasteiger partial charge in [0.25, 0.3) is 5.56 Å². The Morgan fingerprint density at radius 1 is 1.10 bits per heavy atom. The van der Waals surface area contributed by atoms with Crippen LogP contribution in [0.4, 0.5) is 4.39 Å². The molecular weight excluding hydrogens is 395 g/mol. The molecule has 6 nitrogen and oxygen atoms in total. The van der Waals surface area contributed by atoms with E-state index in [1.165, 1.54) is 18.2 Å². The van der Waals surface area contributed by atoms with E-state index in [2.05, 4.69) is 4.98 Å². The monoisotopic (exact) mass is 418 g/mol. The Kier molecular flexibility index (Phi) is 6.16. The molecule has 2 aromatic carbocycles. The molecule has 0 bridgehead atoms. The summed E-state index contributed by atoms with van der Waals surface area (Å²) in [6, 6.07) is 10.6. The number of rotatable bonds is 7. The second kappa shape index (κ2) is 8.44. The summed E-state index contributed by atoms with van der Waals surface area (Å²) in [7, 11) is -4.19. The average Bonchev–Trinajstić information content (AvgIpc) is 2.67. The molecule has 0 fully saturated rings. The maximum atomic E-state index is 14.2. The molecule has 0 spiro atoms. The van der Waals surface area contributed by atoms with Gasteiger partial charge >= 0.3 is 0 Å². The molecule has 3 rings (SSSR count). The minimum atomic E-state index is -4.19. The van der Waals surface area contributed by atoms with E-state index in [9.17, 15) is 17.6 Å². The first-order valence-electron chi connectivity index (χ1n) is 9.22. The van der Waals surface area contributed by atoms with Crippen molar-refractivity contribution in [2.24, 2.45) is 0 Å². The van der Waals surface area contributed by atoms with Crippen molar-refractivity contribution in [2.45, 2.75) is 31.7 Å². The van der Waals surface area contributed by atoms with E-state index in [4.69, 9.17) is 5.11 Å². The summed E-state index contributed by atoms with van der Waals surface area (Å²) < 4.78 is 41.2. The Hall–Kier alpha value is -2.55. The molecule has 0 aliphatic rings. The SMILES string of the molecule is Cc1cc2cc(CN(CCCO)S(=O)(=O)c3ccccc3F)c(=O)[nH]c2cc1C. The number of pyridine rings is 1. The molecule has 0 radical (unpaired) electrons. The van der Waals surface area contributed by atoms with Crippen molar-refractivity contribution in [1.29, 1.82) is 0 Å². The van der Waals surface area contributed by atoms with Crippen LogP contribution >= 0.6 is 0 Å². The summed E-state index contributed by atoms with van der Waals surface area (Å²) in [5, 5.41) is 9.95. The summed E-state index contributed by atoms with van der Waals surface area (Å²) in [5.41, 5.74) is 2.59. The van der Waals surface area contributed by atoms with Gasteiger partial charge in [-0.2, -0.15) is 4.31 Å². The first kappa shape index (κ1) is 21.2. The fourth-order valence-corrected chi connectivity index (χ4v) is 4.68. The summed E-state index contributed by atoms with van der Waals surface area (Å²) in [5.74, 6) is -0.861. The molecule has 29 heavy (non-hydrogen) atoms. The van der Waals surface area contributed by atoms with Gasteiger partial charge in [-0.1, -0.05) is 12.1 Å². The number of aromatic nitrogens is 1. The van der Waals surface area contributed by atoms with Crippen LogP contribution in [-0.4, -0.2) is 36.0 Å². The lowest BCUT2D eigenvalue weighted by molar-refractivity contribution is 0.267. The number of aliphatic hydroxyl groups is 1. The highest BCUT2D eigenvalue weighted by Crippen LogP contribution is 2.22.